The maximum atomic E-state index is 4.38. The van der Waals surface area contributed by atoms with E-state index in [2.05, 4.69) is 36.4 Å². The predicted octanol–water partition coefficient (Wildman–Crippen LogP) is 3.21. The summed E-state index contributed by atoms with van der Waals surface area (Å²) < 4.78 is 0. The third-order valence-electron chi connectivity index (χ3n) is 4.03. The van der Waals surface area contributed by atoms with Crippen LogP contribution in [0.4, 0.5) is 17.3 Å². The Labute approximate surface area is 134 Å². The molecule has 2 N–H and O–H groups in total. The number of nitrogens with zero attached hydrogens (tertiary/aromatic N) is 4. The van der Waals surface area contributed by atoms with Crippen LogP contribution in [0.2, 0.25) is 0 Å². The van der Waals surface area contributed by atoms with E-state index in [9.17, 15) is 0 Å². The maximum absolute atomic E-state index is 4.38. The number of hydrogen-bond acceptors (Lipinski definition) is 5. The van der Waals surface area contributed by atoms with Crippen LogP contribution < -0.4 is 10.2 Å². The van der Waals surface area contributed by atoms with Gasteiger partial charge in [0.05, 0.1) is 5.69 Å². The van der Waals surface area contributed by atoms with Crippen molar-refractivity contribution in [2.24, 2.45) is 0 Å². The number of nitrogens with one attached hydrogen (secondary N) is 2. The van der Waals surface area contributed by atoms with Crippen molar-refractivity contribution in [3.8, 4) is 11.3 Å². The van der Waals surface area contributed by atoms with E-state index >= 15 is 0 Å². The van der Waals surface area contributed by atoms with Gasteiger partial charge in [-0.2, -0.15) is 5.10 Å². The molecule has 116 valence electrons. The second-order valence-electron chi connectivity index (χ2n) is 5.63. The zero-order chi connectivity index (χ0) is 15.5. The van der Waals surface area contributed by atoms with Gasteiger partial charge in [-0.05, 0) is 31.0 Å². The van der Waals surface area contributed by atoms with Crippen LogP contribution in [-0.2, 0) is 0 Å². The number of rotatable bonds is 4. The van der Waals surface area contributed by atoms with E-state index in [0.717, 1.165) is 41.7 Å². The van der Waals surface area contributed by atoms with Crippen LogP contribution in [0.5, 0.6) is 0 Å². The molecule has 0 aliphatic carbocycles. The number of aromatic amines is 1. The summed E-state index contributed by atoms with van der Waals surface area (Å²) in [4.78, 5) is 11.0. The molecule has 1 fully saturated rings. The van der Waals surface area contributed by atoms with Gasteiger partial charge in [-0.25, -0.2) is 9.97 Å². The Morgan fingerprint density at radius 1 is 1.04 bits per heavy atom. The van der Waals surface area contributed by atoms with E-state index in [-0.39, 0.29) is 0 Å². The minimum atomic E-state index is 0.809. The van der Waals surface area contributed by atoms with Gasteiger partial charge in [-0.3, -0.25) is 5.10 Å². The lowest BCUT2D eigenvalue weighted by molar-refractivity contribution is 0.928. The van der Waals surface area contributed by atoms with E-state index in [0.29, 0.717) is 0 Å². The summed E-state index contributed by atoms with van der Waals surface area (Å²) >= 11 is 0. The van der Waals surface area contributed by atoms with Crippen LogP contribution in [0.3, 0.4) is 0 Å². The van der Waals surface area contributed by atoms with Crippen molar-refractivity contribution in [2.75, 3.05) is 23.3 Å². The van der Waals surface area contributed by atoms with Crippen molar-refractivity contribution in [1.29, 1.82) is 0 Å². The molecule has 0 saturated carbocycles. The van der Waals surface area contributed by atoms with Gasteiger partial charge in [0.1, 0.15) is 18.0 Å². The second-order valence-corrected chi connectivity index (χ2v) is 5.63. The normalized spacial score (nSPS) is 14.2. The third-order valence-corrected chi connectivity index (χ3v) is 4.03. The Balaban J connectivity index is 1.56. The molecular formula is C17H18N6. The van der Waals surface area contributed by atoms with E-state index in [1.54, 1.807) is 12.5 Å². The van der Waals surface area contributed by atoms with Crippen molar-refractivity contribution in [1.82, 2.24) is 20.2 Å². The smallest absolute Gasteiger partial charge is 0.135 e. The molecule has 0 amide bonds. The summed E-state index contributed by atoms with van der Waals surface area (Å²) in [6.07, 6.45) is 5.84. The van der Waals surface area contributed by atoms with E-state index in [1.807, 2.05) is 30.3 Å². The SMILES string of the molecule is c1cc(Nc2cc(N3CCCC3)ncn2)cc(-c2ccn[nH]2)c1. The lowest BCUT2D eigenvalue weighted by atomic mass is 10.1. The summed E-state index contributed by atoms with van der Waals surface area (Å²) in [5, 5.41) is 10.3. The number of aromatic nitrogens is 4. The summed E-state index contributed by atoms with van der Waals surface area (Å²) in [6.45, 7) is 2.15. The fraction of sp³-hybridized carbons (Fsp3) is 0.235. The minimum absolute atomic E-state index is 0.809. The zero-order valence-corrected chi connectivity index (χ0v) is 12.7. The molecule has 0 radical (unpaired) electrons. The molecule has 0 bridgehead atoms. The standard InChI is InChI=1S/C17H18N6/c1-2-9-23(8-1)17-11-16(18-12-19-17)21-14-5-3-4-13(10-14)15-6-7-20-22-15/h3-7,10-12H,1-2,8-9H2,(H,20,22)(H,18,19,21). The summed E-state index contributed by atoms with van der Waals surface area (Å²) in [6, 6.07) is 12.1. The number of anilines is 3. The molecular weight excluding hydrogens is 288 g/mol. The first-order chi connectivity index (χ1) is 11.4. The van der Waals surface area contributed by atoms with Gasteiger partial charge in [-0.15, -0.1) is 0 Å². The van der Waals surface area contributed by atoms with Crippen molar-refractivity contribution >= 4 is 17.3 Å². The van der Waals surface area contributed by atoms with Crippen molar-refractivity contribution < 1.29 is 0 Å². The van der Waals surface area contributed by atoms with Gasteiger partial charge < -0.3 is 10.2 Å². The molecule has 3 aromatic rings. The molecule has 1 aliphatic heterocycles. The Hall–Kier alpha value is -2.89. The Kier molecular flexibility index (Phi) is 3.63. The maximum Gasteiger partial charge on any atom is 0.135 e. The molecule has 4 rings (SSSR count). The van der Waals surface area contributed by atoms with Crippen molar-refractivity contribution in [3.05, 3.63) is 48.9 Å². The third kappa shape index (κ3) is 3.01. The molecule has 0 unspecified atom stereocenters. The Bertz CT molecular complexity index is 777. The van der Waals surface area contributed by atoms with Gasteiger partial charge in [0.15, 0.2) is 0 Å². The predicted molar refractivity (Wildman–Crippen MR) is 90.8 cm³/mol. The first-order valence-corrected chi connectivity index (χ1v) is 7.82. The van der Waals surface area contributed by atoms with Crippen LogP contribution in [0.25, 0.3) is 11.3 Å². The molecule has 0 spiro atoms. The number of H-pyrrole nitrogens is 1. The minimum Gasteiger partial charge on any atom is -0.356 e. The van der Waals surface area contributed by atoms with Gasteiger partial charge in [0, 0.05) is 36.6 Å². The van der Waals surface area contributed by atoms with Crippen molar-refractivity contribution in [3.63, 3.8) is 0 Å². The van der Waals surface area contributed by atoms with Crippen molar-refractivity contribution in [2.45, 2.75) is 12.8 Å². The molecule has 23 heavy (non-hydrogen) atoms. The number of benzene rings is 1. The molecule has 6 heteroatoms. The van der Waals surface area contributed by atoms with Gasteiger partial charge >= 0.3 is 0 Å². The fourth-order valence-electron chi connectivity index (χ4n) is 2.86. The molecule has 1 aromatic carbocycles. The molecule has 0 atom stereocenters. The average Bonchev–Trinajstić information content (AvgIpc) is 3.29. The molecule has 1 saturated heterocycles. The molecule has 2 aromatic heterocycles. The summed E-state index contributed by atoms with van der Waals surface area (Å²) in [5.74, 6) is 1.80. The summed E-state index contributed by atoms with van der Waals surface area (Å²) in [5.41, 5.74) is 3.07. The van der Waals surface area contributed by atoms with E-state index in [1.165, 1.54) is 12.8 Å². The Morgan fingerprint density at radius 2 is 1.96 bits per heavy atom. The highest BCUT2D eigenvalue weighted by Crippen LogP contribution is 2.24. The first-order valence-electron chi connectivity index (χ1n) is 7.82. The average molecular weight is 306 g/mol. The largest absolute Gasteiger partial charge is 0.356 e. The fourth-order valence-corrected chi connectivity index (χ4v) is 2.86. The highest BCUT2D eigenvalue weighted by atomic mass is 15.2. The van der Waals surface area contributed by atoms with Gasteiger partial charge in [0.25, 0.3) is 0 Å². The van der Waals surface area contributed by atoms with Crippen LogP contribution in [0.15, 0.2) is 48.9 Å². The zero-order valence-electron chi connectivity index (χ0n) is 12.7. The lowest BCUT2D eigenvalue weighted by Gasteiger charge is -2.16. The quantitative estimate of drug-likeness (QED) is 0.774. The van der Waals surface area contributed by atoms with Crippen LogP contribution >= 0.6 is 0 Å². The molecule has 3 heterocycles. The first kappa shape index (κ1) is 13.8. The van der Waals surface area contributed by atoms with Crippen LogP contribution in [0, 0.1) is 0 Å². The Morgan fingerprint density at radius 3 is 2.78 bits per heavy atom. The lowest BCUT2D eigenvalue weighted by Crippen LogP contribution is -2.19. The van der Waals surface area contributed by atoms with E-state index < -0.39 is 0 Å². The second kappa shape index (κ2) is 6.08. The molecule has 1 aliphatic rings. The monoisotopic (exact) mass is 306 g/mol. The topological polar surface area (TPSA) is 69.7 Å². The van der Waals surface area contributed by atoms with Crippen LogP contribution in [0.1, 0.15) is 12.8 Å². The van der Waals surface area contributed by atoms with E-state index in [4.69, 9.17) is 0 Å². The van der Waals surface area contributed by atoms with Gasteiger partial charge in [0.2, 0.25) is 0 Å². The summed E-state index contributed by atoms with van der Waals surface area (Å²) in [7, 11) is 0. The van der Waals surface area contributed by atoms with Crippen LogP contribution in [-0.4, -0.2) is 33.3 Å². The highest BCUT2D eigenvalue weighted by molar-refractivity contribution is 5.68. The number of hydrogen-bond donors (Lipinski definition) is 2. The molecule has 6 nitrogen and oxygen atoms in total. The van der Waals surface area contributed by atoms with Gasteiger partial charge in [-0.1, -0.05) is 12.1 Å². The highest BCUT2D eigenvalue weighted by Gasteiger charge is 2.14.